The normalized spacial score (nSPS) is 17.5. The summed E-state index contributed by atoms with van der Waals surface area (Å²) in [6.07, 6.45) is 8.59. The molecule has 126 valence electrons. The lowest BCUT2D eigenvalue weighted by molar-refractivity contribution is 0.580. The van der Waals surface area contributed by atoms with Gasteiger partial charge in [0.25, 0.3) is 0 Å². The summed E-state index contributed by atoms with van der Waals surface area (Å²) in [5.41, 5.74) is 4.48. The van der Waals surface area contributed by atoms with E-state index in [1.807, 2.05) is 24.3 Å². The van der Waals surface area contributed by atoms with E-state index in [9.17, 15) is 8.42 Å². The molecule has 5 heteroatoms. The van der Waals surface area contributed by atoms with E-state index >= 15 is 0 Å². The van der Waals surface area contributed by atoms with E-state index in [2.05, 4.69) is 9.71 Å². The van der Waals surface area contributed by atoms with E-state index in [0.29, 0.717) is 10.8 Å². The Morgan fingerprint density at radius 1 is 1.04 bits per heavy atom. The monoisotopic (exact) mass is 342 g/mol. The summed E-state index contributed by atoms with van der Waals surface area (Å²) in [7, 11) is -3.48. The van der Waals surface area contributed by atoms with Crippen LogP contribution in [-0.2, 0) is 29.4 Å². The first-order valence-corrected chi connectivity index (χ1v) is 10.2. The molecule has 2 aromatic rings. The molecular weight excluding hydrogens is 320 g/mol. The second-order valence-corrected chi connectivity index (χ2v) is 8.59. The van der Waals surface area contributed by atoms with Gasteiger partial charge in [0, 0.05) is 24.4 Å². The van der Waals surface area contributed by atoms with Gasteiger partial charge in [-0.05, 0) is 73.4 Å². The minimum atomic E-state index is -3.48. The molecule has 1 N–H and O–H groups in total. The molecule has 0 amide bonds. The molecule has 0 aliphatic heterocycles. The maximum Gasteiger partial charge on any atom is 0.240 e. The number of hydrogen-bond acceptors (Lipinski definition) is 3. The van der Waals surface area contributed by atoms with Crippen LogP contribution in [0, 0.1) is 0 Å². The zero-order valence-corrected chi connectivity index (χ0v) is 14.5. The molecule has 2 aliphatic rings. The topological polar surface area (TPSA) is 59.1 Å². The van der Waals surface area contributed by atoms with Crippen LogP contribution in [0.4, 0.5) is 0 Å². The fourth-order valence-electron chi connectivity index (χ4n) is 3.30. The molecule has 0 unspecified atom stereocenters. The Morgan fingerprint density at radius 2 is 1.83 bits per heavy atom. The molecule has 1 saturated carbocycles. The lowest BCUT2D eigenvalue weighted by Crippen LogP contribution is -2.23. The zero-order valence-electron chi connectivity index (χ0n) is 13.7. The van der Waals surface area contributed by atoms with Crippen LogP contribution in [0.15, 0.2) is 41.4 Å². The smallest absolute Gasteiger partial charge is 0.240 e. The molecule has 1 heterocycles. The van der Waals surface area contributed by atoms with Crippen molar-refractivity contribution in [1.29, 1.82) is 0 Å². The predicted molar refractivity (Wildman–Crippen MR) is 93.3 cm³/mol. The molecule has 1 fully saturated rings. The van der Waals surface area contributed by atoms with Gasteiger partial charge in [-0.15, -0.1) is 0 Å². The van der Waals surface area contributed by atoms with Crippen LogP contribution in [0.2, 0.25) is 0 Å². The van der Waals surface area contributed by atoms with Crippen LogP contribution in [0.5, 0.6) is 0 Å². The lowest BCUT2D eigenvalue weighted by atomic mass is 9.92. The maximum absolute atomic E-state index is 12.5. The molecule has 2 aliphatic carbocycles. The minimum Gasteiger partial charge on any atom is -0.261 e. The van der Waals surface area contributed by atoms with Crippen molar-refractivity contribution >= 4 is 10.0 Å². The highest BCUT2D eigenvalue weighted by Crippen LogP contribution is 2.38. The standard InChI is InChI=1S/C19H22N2O2S/c22-24(23,18-9-8-15-3-1-2-4-17(15)11-18)21-13-14-5-10-19(20-12-14)16-6-7-16/h5,8-12,16,21H,1-4,6-7,13H2. The summed E-state index contributed by atoms with van der Waals surface area (Å²) < 4.78 is 27.8. The maximum atomic E-state index is 12.5. The molecule has 0 bridgehead atoms. The Hall–Kier alpha value is -1.72. The average molecular weight is 342 g/mol. The third-order valence-corrected chi connectivity index (χ3v) is 6.34. The van der Waals surface area contributed by atoms with Crippen molar-refractivity contribution in [2.24, 2.45) is 0 Å². The number of nitrogens with zero attached hydrogens (tertiary/aromatic N) is 1. The number of pyridine rings is 1. The van der Waals surface area contributed by atoms with Crippen LogP contribution in [0.25, 0.3) is 0 Å². The second-order valence-electron chi connectivity index (χ2n) is 6.83. The number of sulfonamides is 1. The first-order chi connectivity index (χ1) is 11.6. The van der Waals surface area contributed by atoms with Gasteiger partial charge in [-0.2, -0.15) is 0 Å². The highest BCUT2D eigenvalue weighted by Gasteiger charge is 2.24. The molecule has 0 saturated heterocycles. The van der Waals surface area contributed by atoms with Crippen LogP contribution >= 0.6 is 0 Å². The SMILES string of the molecule is O=S(=O)(NCc1ccc(C2CC2)nc1)c1ccc2c(c1)CCCC2. The summed E-state index contributed by atoms with van der Waals surface area (Å²) in [5, 5.41) is 0. The number of hydrogen-bond donors (Lipinski definition) is 1. The Balaban J connectivity index is 1.46. The predicted octanol–water partition coefficient (Wildman–Crippen LogP) is 3.32. The average Bonchev–Trinajstić information content (AvgIpc) is 3.45. The van der Waals surface area contributed by atoms with E-state index < -0.39 is 10.0 Å². The van der Waals surface area contributed by atoms with Crippen molar-refractivity contribution in [2.45, 2.75) is 55.9 Å². The van der Waals surface area contributed by atoms with Gasteiger partial charge in [-0.25, -0.2) is 13.1 Å². The molecule has 4 nitrogen and oxygen atoms in total. The van der Waals surface area contributed by atoms with Crippen molar-refractivity contribution in [3.63, 3.8) is 0 Å². The van der Waals surface area contributed by atoms with Gasteiger partial charge in [0.1, 0.15) is 0 Å². The van der Waals surface area contributed by atoms with Gasteiger partial charge in [0.05, 0.1) is 4.90 Å². The van der Waals surface area contributed by atoms with Gasteiger partial charge in [-0.3, -0.25) is 4.98 Å². The van der Waals surface area contributed by atoms with E-state index in [4.69, 9.17) is 0 Å². The summed E-state index contributed by atoms with van der Waals surface area (Å²) in [6.45, 7) is 0.275. The highest BCUT2D eigenvalue weighted by molar-refractivity contribution is 7.89. The first kappa shape index (κ1) is 15.8. The van der Waals surface area contributed by atoms with Crippen LogP contribution in [0.1, 0.15) is 54.0 Å². The summed E-state index contributed by atoms with van der Waals surface area (Å²) >= 11 is 0. The number of rotatable bonds is 5. The molecule has 24 heavy (non-hydrogen) atoms. The number of nitrogens with one attached hydrogen (secondary N) is 1. The van der Waals surface area contributed by atoms with Crippen LogP contribution in [-0.4, -0.2) is 13.4 Å². The van der Waals surface area contributed by atoms with Crippen LogP contribution in [0.3, 0.4) is 0 Å². The van der Waals surface area contributed by atoms with Crippen molar-refractivity contribution in [3.8, 4) is 0 Å². The minimum absolute atomic E-state index is 0.275. The molecule has 0 radical (unpaired) electrons. The van der Waals surface area contributed by atoms with Gasteiger partial charge in [0.15, 0.2) is 0 Å². The molecule has 0 atom stereocenters. The van der Waals surface area contributed by atoms with E-state index in [1.54, 1.807) is 12.3 Å². The Morgan fingerprint density at radius 3 is 2.54 bits per heavy atom. The van der Waals surface area contributed by atoms with Gasteiger partial charge in [0.2, 0.25) is 10.0 Å². The van der Waals surface area contributed by atoms with Gasteiger partial charge in [-0.1, -0.05) is 12.1 Å². The molecule has 1 aromatic heterocycles. The highest BCUT2D eigenvalue weighted by atomic mass is 32.2. The lowest BCUT2D eigenvalue weighted by Gasteiger charge is -2.16. The van der Waals surface area contributed by atoms with E-state index in [-0.39, 0.29) is 6.54 Å². The quantitative estimate of drug-likeness (QED) is 0.907. The number of fused-ring (bicyclic) bond motifs is 1. The third-order valence-electron chi connectivity index (χ3n) is 4.94. The summed E-state index contributed by atoms with van der Waals surface area (Å²) in [6, 6.07) is 9.51. The largest absolute Gasteiger partial charge is 0.261 e. The summed E-state index contributed by atoms with van der Waals surface area (Å²) in [5.74, 6) is 0.617. The fraction of sp³-hybridized carbons (Fsp3) is 0.421. The molecule has 1 aromatic carbocycles. The van der Waals surface area contributed by atoms with Crippen molar-refractivity contribution in [3.05, 3.63) is 58.9 Å². The Labute approximate surface area is 143 Å². The van der Waals surface area contributed by atoms with Crippen molar-refractivity contribution in [1.82, 2.24) is 9.71 Å². The van der Waals surface area contributed by atoms with E-state index in [1.165, 1.54) is 30.4 Å². The van der Waals surface area contributed by atoms with Crippen LogP contribution < -0.4 is 4.72 Å². The zero-order chi connectivity index (χ0) is 16.6. The molecule has 0 spiro atoms. The molecular formula is C19H22N2O2S. The van der Waals surface area contributed by atoms with Crippen molar-refractivity contribution < 1.29 is 8.42 Å². The number of benzene rings is 1. The first-order valence-electron chi connectivity index (χ1n) is 8.68. The van der Waals surface area contributed by atoms with Gasteiger partial charge < -0.3 is 0 Å². The molecule has 4 rings (SSSR count). The third kappa shape index (κ3) is 3.37. The number of aromatic nitrogens is 1. The van der Waals surface area contributed by atoms with Crippen molar-refractivity contribution in [2.75, 3.05) is 0 Å². The Kier molecular flexibility index (Phi) is 4.14. The number of aryl methyl sites for hydroxylation is 2. The fourth-order valence-corrected chi connectivity index (χ4v) is 4.37. The van der Waals surface area contributed by atoms with E-state index in [0.717, 1.165) is 30.5 Å². The summed E-state index contributed by atoms with van der Waals surface area (Å²) in [4.78, 5) is 4.80. The van der Waals surface area contributed by atoms with Gasteiger partial charge >= 0.3 is 0 Å². The Bertz CT molecular complexity index is 840. The second kappa shape index (κ2) is 6.30.